The second-order valence-electron chi connectivity index (χ2n) is 4.81. The number of aromatic nitrogens is 2. The first-order valence-corrected chi connectivity index (χ1v) is 6.09. The van der Waals surface area contributed by atoms with E-state index in [-0.39, 0.29) is 18.6 Å². The summed E-state index contributed by atoms with van der Waals surface area (Å²) >= 11 is 0. The number of hydrogen-bond donors (Lipinski definition) is 0. The number of nitrogens with zero attached hydrogens (tertiary/aromatic N) is 3. The van der Waals surface area contributed by atoms with Crippen molar-refractivity contribution in [3.05, 3.63) is 27.4 Å². The van der Waals surface area contributed by atoms with E-state index in [2.05, 4.69) is 4.98 Å². The van der Waals surface area contributed by atoms with E-state index >= 15 is 0 Å². The molecule has 2 rings (SSSR count). The van der Waals surface area contributed by atoms with Crippen molar-refractivity contribution in [2.45, 2.75) is 39.0 Å². The number of fused-ring (bicyclic) bond motifs is 1. The highest BCUT2D eigenvalue weighted by molar-refractivity contribution is 5.76. The number of carbonyl (C=O) groups is 1. The number of halogens is 3. The molecule has 1 aliphatic rings. The zero-order chi connectivity index (χ0) is 15.1. The van der Waals surface area contributed by atoms with Crippen LogP contribution in [0.2, 0.25) is 0 Å². The molecule has 5 nitrogen and oxygen atoms in total. The van der Waals surface area contributed by atoms with Crippen LogP contribution < -0.4 is 5.56 Å². The summed E-state index contributed by atoms with van der Waals surface area (Å²) in [5.41, 5.74) is 0.614. The average molecular weight is 289 g/mol. The number of alkyl halides is 3. The Kier molecular flexibility index (Phi) is 3.58. The maximum atomic E-state index is 12.1. The quantitative estimate of drug-likeness (QED) is 0.824. The van der Waals surface area contributed by atoms with Crippen molar-refractivity contribution < 1.29 is 18.0 Å². The minimum Gasteiger partial charge on any atom is -0.332 e. The molecule has 8 heteroatoms. The van der Waals surface area contributed by atoms with Crippen LogP contribution in [0.15, 0.2) is 4.79 Å². The SMILES string of the molecule is Cc1nc2c(c(=O)n1C)CN(C(=O)CCC(F)(F)F)C2. The molecule has 0 unspecified atom stereocenters. The summed E-state index contributed by atoms with van der Waals surface area (Å²) in [7, 11) is 1.57. The molecule has 20 heavy (non-hydrogen) atoms. The second-order valence-corrected chi connectivity index (χ2v) is 4.81. The topological polar surface area (TPSA) is 55.2 Å². The Bertz CT molecular complexity index is 607. The van der Waals surface area contributed by atoms with Gasteiger partial charge in [-0.2, -0.15) is 13.2 Å². The number of carbonyl (C=O) groups excluding carboxylic acids is 1. The molecule has 1 aliphatic heterocycles. The first kappa shape index (κ1) is 14.5. The Labute approximate surface area is 113 Å². The van der Waals surface area contributed by atoms with Crippen molar-refractivity contribution in [2.75, 3.05) is 0 Å². The molecule has 0 saturated heterocycles. The van der Waals surface area contributed by atoms with Gasteiger partial charge >= 0.3 is 6.18 Å². The monoisotopic (exact) mass is 289 g/mol. The minimum absolute atomic E-state index is 0.0337. The largest absolute Gasteiger partial charge is 0.389 e. The van der Waals surface area contributed by atoms with Gasteiger partial charge in [-0.05, 0) is 6.92 Å². The fraction of sp³-hybridized carbons (Fsp3) is 0.583. The fourth-order valence-corrected chi connectivity index (χ4v) is 2.11. The fourth-order valence-electron chi connectivity index (χ4n) is 2.11. The molecule has 0 radical (unpaired) electrons. The van der Waals surface area contributed by atoms with Gasteiger partial charge in [0, 0.05) is 13.5 Å². The van der Waals surface area contributed by atoms with Crippen LogP contribution in [-0.2, 0) is 24.9 Å². The van der Waals surface area contributed by atoms with Crippen LogP contribution in [-0.4, -0.2) is 26.5 Å². The van der Waals surface area contributed by atoms with E-state index in [1.165, 1.54) is 9.47 Å². The number of hydrogen-bond acceptors (Lipinski definition) is 3. The lowest BCUT2D eigenvalue weighted by Gasteiger charge is -2.15. The summed E-state index contributed by atoms with van der Waals surface area (Å²) in [6, 6.07) is 0. The molecule has 1 aromatic heterocycles. The molecular weight excluding hydrogens is 275 g/mol. The minimum atomic E-state index is -4.35. The van der Waals surface area contributed by atoms with E-state index in [0.29, 0.717) is 17.1 Å². The van der Waals surface area contributed by atoms with Crippen LogP contribution in [0, 0.1) is 6.92 Å². The van der Waals surface area contributed by atoms with Crippen molar-refractivity contribution in [3.63, 3.8) is 0 Å². The molecule has 0 aromatic carbocycles. The van der Waals surface area contributed by atoms with Crippen LogP contribution in [0.25, 0.3) is 0 Å². The molecular formula is C12H14F3N3O2. The Balaban J connectivity index is 2.12. The normalized spacial score (nSPS) is 14.6. The summed E-state index contributed by atoms with van der Waals surface area (Å²) in [5.74, 6) is -0.0987. The number of aryl methyl sites for hydroxylation is 1. The van der Waals surface area contributed by atoms with Crippen molar-refractivity contribution in [1.29, 1.82) is 0 Å². The summed E-state index contributed by atoms with van der Waals surface area (Å²) < 4.78 is 37.7. The molecule has 0 aliphatic carbocycles. The van der Waals surface area contributed by atoms with Crippen molar-refractivity contribution in [3.8, 4) is 0 Å². The molecule has 0 bridgehead atoms. The van der Waals surface area contributed by atoms with E-state index in [1.54, 1.807) is 14.0 Å². The molecule has 110 valence electrons. The first-order valence-electron chi connectivity index (χ1n) is 6.09. The molecule has 1 aromatic rings. The van der Waals surface area contributed by atoms with Gasteiger partial charge in [-0.1, -0.05) is 0 Å². The number of amides is 1. The van der Waals surface area contributed by atoms with Crippen molar-refractivity contribution in [1.82, 2.24) is 14.5 Å². The number of rotatable bonds is 2. The maximum absolute atomic E-state index is 12.1. The highest BCUT2D eigenvalue weighted by atomic mass is 19.4. The highest BCUT2D eigenvalue weighted by Gasteiger charge is 2.32. The first-order chi connectivity index (χ1) is 9.19. The van der Waals surface area contributed by atoms with Gasteiger partial charge in [-0.25, -0.2) is 4.98 Å². The van der Waals surface area contributed by atoms with E-state index in [4.69, 9.17) is 0 Å². The molecule has 0 spiro atoms. The average Bonchev–Trinajstić information content (AvgIpc) is 2.76. The van der Waals surface area contributed by atoms with Gasteiger partial charge in [-0.15, -0.1) is 0 Å². The Morgan fingerprint density at radius 2 is 2.00 bits per heavy atom. The van der Waals surface area contributed by atoms with Gasteiger partial charge in [0.05, 0.1) is 30.8 Å². The third-order valence-corrected chi connectivity index (χ3v) is 3.36. The van der Waals surface area contributed by atoms with Gasteiger partial charge < -0.3 is 4.90 Å². The molecule has 0 N–H and O–H groups in total. The molecule has 0 fully saturated rings. The van der Waals surface area contributed by atoms with E-state index in [9.17, 15) is 22.8 Å². The van der Waals surface area contributed by atoms with E-state index in [1.807, 2.05) is 0 Å². The van der Waals surface area contributed by atoms with Gasteiger partial charge in [-0.3, -0.25) is 14.2 Å². The Morgan fingerprint density at radius 3 is 2.60 bits per heavy atom. The lowest BCUT2D eigenvalue weighted by molar-refractivity contribution is -0.149. The van der Waals surface area contributed by atoms with Gasteiger partial charge in [0.2, 0.25) is 5.91 Å². The van der Waals surface area contributed by atoms with Crippen LogP contribution in [0.5, 0.6) is 0 Å². The lowest BCUT2D eigenvalue weighted by atomic mass is 10.2. The molecule has 0 atom stereocenters. The van der Waals surface area contributed by atoms with Crippen LogP contribution in [0.1, 0.15) is 29.9 Å². The standard InChI is InChI=1S/C12H14F3N3O2/c1-7-16-9-6-18(5-8(9)11(20)17(7)2)10(19)3-4-12(13,14)15/h3-6H2,1-2H3. The second kappa shape index (κ2) is 4.92. The smallest absolute Gasteiger partial charge is 0.332 e. The summed E-state index contributed by atoms with van der Waals surface area (Å²) in [4.78, 5) is 29.1. The van der Waals surface area contributed by atoms with Gasteiger partial charge in [0.15, 0.2) is 0 Å². The maximum Gasteiger partial charge on any atom is 0.389 e. The molecule has 2 heterocycles. The summed E-state index contributed by atoms with van der Waals surface area (Å²) in [6.45, 7) is 1.80. The Morgan fingerprint density at radius 1 is 1.35 bits per heavy atom. The van der Waals surface area contributed by atoms with Crippen LogP contribution >= 0.6 is 0 Å². The van der Waals surface area contributed by atoms with Gasteiger partial charge in [0.1, 0.15) is 5.82 Å². The van der Waals surface area contributed by atoms with Crippen LogP contribution in [0.3, 0.4) is 0 Å². The lowest BCUT2D eigenvalue weighted by Crippen LogP contribution is -2.28. The zero-order valence-electron chi connectivity index (χ0n) is 11.1. The van der Waals surface area contributed by atoms with Crippen molar-refractivity contribution in [2.24, 2.45) is 7.05 Å². The zero-order valence-corrected chi connectivity index (χ0v) is 11.1. The van der Waals surface area contributed by atoms with E-state index in [0.717, 1.165) is 0 Å². The summed E-state index contributed by atoms with van der Waals surface area (Å²) in [5, 5.41) is 0. The predicted octanol–water partition coefficient (Wildman–Crippen LogP) is 1.27. The summed E-state index contributed by atoms with van der Waals surface area (Å²) in [6.07, 6.45) is -6.10. The van der Waals surface area contributed by atoms with Gasteiger partial charge in [0.25, 0.3) is 5.56 Å². The van der Waals surface area contributed by atoms with Crippen molar-refractivity contribution >= 4 is 5.91 Å². The third-order valence-electron chi connectivity index (χ3n) is 3.36. The Hall–Kier alpha value is -1.86. The molecule has 1 amide bonds. The van der Waals surface area contributed by atoms with E-state index < -0.39 is 24.9 Å². The molecule has 0 saturated carbocycles. The van der Waals surface area contributed by atoms with Crippen LogP contribution in [0.4, 0.5) is 13.2 Å². The third kappa shape index (κ3) is 2.83. The highest BCUT2D eigenvalue weighted by Crippen LogP contribution is 2.24. The predicted molar refractivity (Wildman–Crippen MR) is 63.8 cm³/mol.